The number of hydrogen-bond donors (Lipinski definition) is 1. The van der Waals surface area contributed by atoms with Gasteiger partial charge in [0.2, 0.25) is 0 Å². The highest BCUT2D eigenvalue weighted by Crippen LogP contribution is 2.19. The SMILES string of the molecule is CCOc1ccccc1/C=N/NC(=O)COc1ccc(OCc2ccccc2)cc1. The number of nitrogens with one attached hydrogen (secondary N) is 1. The van der Waals surface area contributed by atoms with Crippen LogP contribution in [0.5, 0.6) is 17.2 Å². The van der Waals surface area contributed by atoms with Crippen LogP contribution in [0.1, 0.15) is 18.1 Å². The zero-order valence-electron chi connectivity index (χ0n) is 16.8. The number of nitrogens with zero attached hydrogens (tertiary/aromatic N) is 1. The Bertz CT molecular complexity index is 956. The Morgan fingerprint density at radius 3 is 2.27 bits per heavy atom. The van der Waals surface area contributed by atoms with Gasteiger partial charge in [-0.1, -0.05) is 42.5 Å². The molecule has 3 rings (SSSR count). The molecule has 0 saturated heterocycles. The summed E-state index contributed by atoms with van der Waals surface area (Å²) in [7, 11) is 0. The molecular weight excluding hydrogens is 380 g/mol. The second-order valence-corrected chi connectivity index (χ2v) is 6.30. The molecule has 6 heteroatoms. The van der Waals surface area contributed by atoms with Gasteiger partial charge in [0, 0.05) is 5.56 Å². The Hall–Kier alpha value is -3.80. The monoisotopic (exact) mass is 404 g/mol. The third kappa shape index (κ3) is 6.67. The van der Waals surface area contributed by atoms with E-state index in [-0.39, 0.29) is 12.5 Å². The van der Waals surface area contributed by atoms with Crippen LogP contribution < -0.4 is 19.6 Å². The van der Waals surface area contributed by atoms with E-state index in [1.165, 1.54) is 0 Å². The Labute approximate surface area is 176 Å². The third-order valence-corrected chi connectivity index (χ3v) is 4.05. The number of amides is 1. The van der Waals surface area contributed by atoms with E-state index in [1.54, 1.807) is 30.5 Å². The first kappa shape index (κ1) is 20.9. The Morgan fingerprint density at radius 1 is 0.867 bits per heavy atom. The van der Waals surface area contributed by atoms with Crippen LogP contribution in [-0.2, 0) is 11.4 Å². The largest absolute Gasteiger partial charge is 0.493 e. The van der Waals surface area contributed by atoms with Crippen molar-refractivity contribution in [2.75, 3.05) is 13.2 Å². The Kier molecular flexibility index (Phi) is 7.85. The maximum absolute atomic E-state index is 11.9. The molecule has 1 amide bonds. The lowest BCUT2D eigenvalue weighted by molar-refractivity contribution is -0.123. The Balaban J connectivity index is 1.42. The molecule has 0 radical (unpaired) electrons. The first-order valence-corrected chi connectivity index (χ1v) is 9.68. The summed E-state index contributed by atoms with van der Waals surface area (Å²) < 4.78 is 16.7. The van der Waals surface area contributed by atoms with Gasteiger partial charge in [0.15, 0.2) is 6.61 Å². The molecule has 6 nitrogen and oxygen atoms in total. The molecule has 0 heterocycles. The molecular formula is C24H24N2O4. The summed E-state index contributed by atoms with van der Waals surface area (Å²) in [5, 5.41) is 3.96. The molecule has 0 atom stereocenters. The van der Waals surface area contributed by atoms with Crippen LogP contribution in [0.2, 0.25) is 0 Å². The van der Waals surface area contributed by atoms with Crippen LogP contribution in [0.4, 0.5) is 0 Å². The van der Waals surface area contributed by atoms with Crippen LogP contribution >= 0.6 is 0 Å². The normalized spacial score (nSPS) is 10.6. The zero-order valence-corrected chi connectivity index (χ0v) is 16.8. The van der Waals surface area contributed by atoms with Crippen LogP contribution in [0.3, 0.4) is 0 Å². The van der Waals surface area contributed by atoms with Crippen molar-refractivity contribution in [2.24, 2.45) is 5.10 Å². The number of rotatable bonds is 10. The van der Waals surface area contributed by atoms with Gasteiger partial charge in [-0.05, 0) is 48.9 Å². The van der Waals surface area contributed by atoms with Gasteiger partial charge in [-0.2, -0.15) is 5.10 Å². The van der Waals surface area contributed by atoms with Gasteiger partial charge in [-0.3, -0.25) is 4.79 Å². The van der Waals surface area contributed by atoms with Crippen molar-refractivity contribution in [3.8, 4) is 17.2 Å². The number of ether oxygens (including phenoxy) is 3. The smallest absolute Gasteiger partial charge is 0.277 e. The molecule has 0 aliphatic heterocycles. The van der Waals surface area contributed by atoms with Gasteiger partial charge < -0.3 is 14.2 Å². The number of hydrazone groups is 1. The number of carbonyl (C=O) groups is 1. The first-order chi connectivity index (χ1) is 14.7. The number of para-hydroxylation sites is 1. The van der Waals surface area contributed by atoms with Crippen molar-refractivity contribution in [3.05, 3.63) is 90.0 Å². The predicted molar refractivity (Wildman–Crippen MR) is 116 cm³/mol. The van der Waals surface area contributed by atoms with Crippen molar-refractivity contribution in [3.63, 3.8) is 0 Å². The minimum absolute atomic E-state index is 0.144. The highest BCUT2D eigenvalue weighted by Gasteiger charge is 2.03. The highest BCUT2D eigenvalue weighted by molar-refractivity contribution is 5.85. The topological polar surface area (TPSA) is 69.2 Å². The van der Waals surface area contributed by atoms with Crippen molar-refractivity contribution >= 4 is 12.1 Å². The molecule has 0 unspecified atom stereocenters. The molecule has 3 aromatic carbocycles. The molecule has 0 fully saturated rings. The maximum atomic E-state index is 11.9. The number of hydrogen-bond acceptors (Lipinski definition) is 5. The van der Waals surface area contributed by atoms with Crippen LogP contribution in [-0.4, -0.2) is 25.3 Å². The summed E-state index contributed by atoms with van der Waals surface area (Å²) in [5.41, 5.74) is 4.33. The second kappa shape index (κ2) is 11.3. The lowest BCUT2D eigenvalue weighted by Crippen LogP contribution is -2.24. The van der Waals surface area contributed by atoms with Crippen LogP contribution in [0, 0.1) is 0 Å². The van der Waals surface area contributed by atoms with Crippen LogP contribution in [0.15, 0.2) is 84.0 Å². The second-order valence-electron chi connectivity index (χ2n) is 6.30. The average Bonchev–Trinajstić information content (AvgIpc) is 2.79. The van der Waals surface area contributed by atoms with E-state index < -0.39 is 0 Å². The summed E-state index contributed by atoms with van der Waals surface area (Å²) in [5.74, 6) is 1.66. The maximum Gasteiger partial charge on any atom is 0.277 e. The fourth-order valence-electron chi connectivity index (χ4n) is 2.60. The first-order valence-electron chi connectivity index (χ1n) is 9.68. The molecule has 1 N–H and O–H groups in total. The summed E-state index contributed by atoms with van der Waals surface area (Å²) in [6.07, 6.45) is 1.54. The fraction of sp³-hybridized carbons (Fsp3) is 0.167. The molecule has 0 aliphatic carbocycles. The molecule has 0 spiro atoms. The molecule has 154 valence electrons. The zero-order chi connectivity index (χ0) is 21.0. The fourth-order valence-corrected chi connectivity index (χ4v) is 2.60. The van der Waals surface area contributed by atoms with Gasteiger partial charge in [0.25, 0.3) is 5.91 Å². The van der Waals surface area contributed by atoms with E-state index in [4.69, 9.17) is 14.2 Å². The van der Waals surface area contributed by atoms with Gasteiger partial charge >= 0.3 is 0 Å². The van der Waals surface area contributed by atoms with Gasteiger partial charge in [-0.25, -0.2) is 5.43 Å². The summed E-state index contributed by atoms with van der Waals surface area (Å²) in [4.78, 5) is 11.9. The predicted octanol–water partition coefficient (Wildman–Crippen LogP) is 4.19. The van der Waals surface area contributed by atoms with Gasteiger partial charge in [0.1, 0.15) is 23.9 Å². The molecule has 0 bridgehead atoms. The third-order valence-electron chi connectivity index (χ3n) is 4.05. The standard InChI is InChI=1S/C24H24N2O4/c1-2-28-23-11-7-6-10-20(23)16-25-26-24(27)18-30-22-14-12-21(13-15-22)29-17-19-8-4-3-5-9-19/h3-16H,2,17-18H2,1H3,(H,26,27)/b25-16+. The van der Waals surface area contributed by atoms with Gasteiger partial charge in [-0.15, -0.1) is 0 Å². The molecule has 0 aliphatic rings. The van der Waals surface area contributed by atoms with E-state index in [1.807, 2.05) is 61.5 Å². The average molecular weight is 404 g/mol. The minimum Gasteiger partial charge on any atom is -0.493 e. The van der Waals surface area contributed by atoms with Crippen molar-refractivity contribution < 1.29 is 19.0 Å². The summed E-state index contributed by atoms with van der Waals surface area (Å²) >= 11 is 0. The van der Waals surface area contributed by atoms with Crippen molar-refractivity contribution in [1.29, 1.82) is 0 Å². The van der Waals surface area contributed by atoms with E-state index >= 15 is 0 Å². The van der Waals surface area contributed by atoms with Gasteiger partial charge in [0.05, 0.1) is 12.8 Å². The van der Waals surface area contributed by atoms with Crippen molar-refractivity contribution in [1.82, 2.24) is 5.43 Å². The lowest BCUT2D eigenvalue weighted by atomic mass is 10.2. The minimum atomic E-state index is -0.357. The lowest BCUT2D eigenvalue weighted by Gasteiger charge is -2.08. The Morgan fingerprint density at radius 2 is 1.53 bits per heavy atom. The quantitative estimate of drug-likeness (QED) is 0.406. The molecule has 0 aromatic heterocycles. The van der Waals surface area contributed by atoms with E-state index in [9.17, 15) is 4.79 Å². The summed E-state index contributed by atoms with van der Waals surface area (Å²) in [6, 6.07) is 24.5. The highest BCUT2D eigenvalue weighted by atomic mass is 16.5. The van der Waals surface area contributed by atoms with E-state index in [0.717, 1.165) is 16.9 Å². The molecule has 0 saturated carbocycles. The number of carbonyl (C=O) groups excluding carboxylic acids is 1. The van der Waals surface area contributed by atoms with E-state index in [2.05, 4.69) is 10.5 Å². The van der Waals surface area contributed by atoms with Crippen LogP contribution in [0.25, 0.3) is 0 Å². The number of benzene rings is 3. The summed E-state index contributed by atoms with van der Waals surface area (Å²) in [6.45, 7) is 2.82. The molecule has 3 aromatic rings. The van der Waals surface area contributed by atoms with E-state index in [0.29, 0.717) is 24.7 Å². The van der Waals surface area contributed by atoms with Crippen molar-refractivity contribution in [2.45, 2.75) is 13.5 Å². The molecule has 30 heavy (non-hydrogen) atoms.